The number of rotatable bonds is 4. The van der Waals surface area contributed by atoms with Gasteiger partial charge in [0.25, 0.3) is 0 Å². The molecule has 3 aliphatic rings. The second-order valence-electron chi connectivity index (χ2n) is 4.74. The molecule has 0 radical (unpaired) electrons. The van der Waals surface area contributed by atoms with E-state index in [0.717, 1.165) is 17.4 Å². The molecule has 0 saturated heterocycles. The quantitative estimate of drug-likeness (QED) is 0.622. The topological polar surface area (TPSA) is 3.24 Å². The van der Waals surface area contributed by atoms with Gasteiger partial charge >= 0.3 is 0 Å². The molecule has 0 aliphatic heterocycles. The van der Waals surface area contributed by atoms with Gasteiger partial charge in [0.1, 0.15) is 0 Å². The fraction of sp³-hybridized carbons (Fsp3) is 1.00. The van der Waals surface area contributed by atoms with Crippen molar-refractivity contribution in [2.45, 2.75) is 46.1 Å². The molecule has 3 rings (SSSR count). The summed E-state index contributed by atoms with van der Waals surface area (Å²) in [4.78, 5) is 2.62. The molecular weight excluding hydrogens is 146 g/mol. The maximum absolute atomic E-state index is 2.62. The van der Waals surface area contributed by atoms with Gasteiger partial charge in [-0.15, -0.1) is 0 Å². The van der Waals surface area contributed by atoms with Crippen molar-refractivity contribution in [1.82, 2.24) is 4.90 Å². The van der Waals surface area contributed by atoms with E-state index < -0.39 is 0 Å². The summed E-state index contributed by atoms with van der Waals surface area (Å²) in [5, 5.41) is 0. The third kappa shape index (κ3) is 0.953. The van der Waals surface area contributed by atoms with Gasteiger partial charge in [-0.05, 0) is 50.6 Å². The Labute approximate surface area is 76.1 Å². The van der Waals surface area contributed by atoms with Crippen molar-refractivity contribution >= 4 is 0 Å². The van der Waals surface area contributed by atoms with Crippen LogP contribution in [0.2, 0.25) is 0 Å². The molecule has 0 spiro atoms. The number of hydrogen-bond acceptors (Lipinski definition) is 1. The van der Waals surface area contributed by atoms with Crippen molar-refractivity contribution in [2.24, 2.45) is 11.3 Å². The Balaban J connectivity index is 1.93. The zero-order valence-corrected chi connectivity index (χ0v) is 8.64. The molecule has 0 aromatic heterocycles. The molecule has 0 N–H and O–H groups in total. The number of nitrogens with zero attached hydrogens (tertiary/aromatic N) is 1. The van der Waals surface area contributed by atoms with Crippen LogP contribution in [0.15, 0.2) is 0 Å². The first-order valence-corrected chi connectivity index (χ1v) is 5.46. The number of hydrogen-bond donors (Lipinski definition) is 0. The van der Waals surface area contributed by atoms with Gasteiger partial charge in [-0.25, -0.2) is 0 Å². The lowest BCUT2D eigenvalue weighted by molar-refractivity contribution is -0.156. The smallest absolute Gasteiger partial charge is 0.0123 e. The molecule has 3 saturated carbocycles. The summed E-state index contributed by atoms with van der Waals surface area (Å²) in [5.41, 5.74) is 0.774. The highest BCUT2D eigenvalue weighted by Crippen LogP contribution is 2.66. The first-order chi connectivity index (χ1) is 5.72. The monoisotopic (exact) mass is 167 g/mol. The van der Waals surface area contributed by atoms with Gasteiger partial charge in [-0.3, -0.25) is 0 Å². The zero-order valence-electron chi connectivity index (χ0n) is 8.64. The second-order valence-corrected chi connectivity index (χ2v) is 4.74. The fourth-order valence-electron chi connectivity index (χ4n) is 3.22. The minimum absolute atomic E-state index is 0.774. The molecule has 1 atom stereocenters. The molecule has 0 amide bonds. The summed E-state index contributed by atoms with van der Waals surface area (Å²) >= 11 is 0. The molecule has 70 valence electrons. The van der Waals surface area contributed by atoms with E-state index in [1.54, 1.807) is 0 Å². The van der Waals surface area contributed by atoms with Gasteiger partial charge < -0.3 is 4.90 Å². The molecule has 0 aromatic carbocycles. The highest BCUT2D eigenvalue weighted by molar-refractivity contribution is 5.11. The van der Waals surface area contributed by atoms with E-state index in [4.69, 9.17) is 0 Å². The van der Waals surface area contributed by atoms with E-state index in [-0.39, 0.29) is 0 Å². The molecule has 0 aromatic rings. The lowest BCUT2D eigenvalue weighted by Gasteiger charge is -2.66. The Morgan fingerprint density at radius 2 is 1.75 bits per heavy atom. The van der Waals surface area contributed by atoms with Crippen molar-refractivity contribution < 1.29 is 0 Å². The first kappa shape index (κ1) is 8.55. The Bertz CT molecular complexity index is 155. The summed E-state index contributed by atoms with van der Waals surface area (Å²) in [5.74, 6) is 1.13. The fourth-order valence-corrected chi connectivity index (χ4v) is 3.22. The van der Waals surface area contributed by atoms with Crippen LogP contribution >= 0.6 is 0 Å². The summed E-state index contributed by atoms with van der Waals surface area (Å²) in [6.07, 6.45) is 4.60. The average Bonchev–Trinajstić information content (AvgIpc) is 1.83. The van der Waals surface area contributed by atoms with Crippen LogP contribution in [0.4, 0.5) is 0 Å². The summed E-state index contributed by atoms with van der Waals surface area (Å²) in [6.45, 7) is 9.45. The maximum Gasteiger partial charge on any atom is 0.0123 e. The molecule has 1 nitrogen and oxygen atoms in total. The largest absolute Gasteiger partial charge is 0.301 e. The lowest BCUT2D eigenvalue weighted by Crippen LogP contribution is -2.62. The molecular formula is C11H21N. The lowest BCUT2D eigenvalue weighted by atomic mass is 9.42. The van der Waals surface area contributed by atoms with E-state index in [9.17, 15) is 0 Å². The predicted molar refractivity (Wildman–Crippen MR) is 52.2 cm³/mol. The zero-order chi connectivity index (χ0) is 8.77. The van der Waals surface area contributed by atoms with E-state index in [1.807, 2.05) is 0 Å². The Morgan fingerprint density at radius 1 is 1.25 bits per heavy atom. The van der Waals surface area contributed by atoms with Crippen LogP contribution in [0.5, 0.6) is 0 Å². The molecule has 2 bridgehead atoms. The van der Waals surface area contributed by atoms with E-state index >= 15 is 0 Å². The average molecular weight is 167 g/mol. The first-order valence-electron chi connectivity index (χ1n) is 5.46. The van der Waals surface area contributed by atoms with Gasteiger partial charge in [0, 0.05) is 6.04 Å². The molecule has 12 heavy (non-hydrogen) atoms. The van der Waals surface area contributed by atoms with Crippen molar-refractivity contribution in [3.05, 3.63) is 0 Å². The minimum atomic E-state index is 0.774. The Morgan fingerprint density at radius 3 is 2.00 bits per heavy atom. The van der Waals surface area contributed by atoms with Crippen molar-refractivity contribution in [3.63, 3.8) is 0 Å². The van der Waals surface area contributed by atoms with Crippen LogP contribution in [-0.2, 0) is 0 Å². The van der Waals surface area contributed by atoms with Gasteiger partial charge in [-0.1, -0.05) is 13.8 Å². The molecule has 1 unspecified atom stereocenters. The highest BCUT2D eigenvalue weighted by Gasteiger charge is 2.59. The van der Waals surface area contributed by atoms with Crippen molar-refractivity contribution in [3.8, 4) is 0 Å². The van der Waals surface area contributed by atoms with Crippen molar-refractivity contribution in [1.29, 1.82) is 0 Å². The van der Waals surface area contributed by atoms with E-state index in [1.165, 1.54) is 32.4 Å². The Hall–Kier alpha value is -0.0400. The van der Waals surface area contributed by atoms with E-state index in [0.29, 0.717) is 0 Å². The van der Waals surface area contributed by atoms with Gasteiger partial charge in [0.05, 0.1) is 0 Å². The van der Waals surface area contributed by atoms with Crippen LogP contribution in [0, 0.1) is 11.3 Å². The third-order valence-electron chi connectivity index (χ3n) is 4.33. The van der Waals surface area contributed by atoms with Crippen LogP contribution in [0.1, 0.15) is 40.0 Å². The molecule has 0 heterocycles. The van der Waals surface area contributed by atoms with Gasteiger partial charge in [0.2, 0.25) is 0 Å². The van der Waals surface area contributed by atoms with Crippen LogP contribution in [0.3, 0.4) is 0 Å². The van der Waals surface area contributed by atoms with Crippen LogP contribution in [-0.4, -0.2) is 24.0 Å². The third-order valence-corrected chi connectivity index (χ3v) is 4.33. The minimum Gasteiger partial charge on any atom is -0.301 e. The standard InChI is InChI=1S/C11H21N/c1-4-12(5-2)9(3)11-6-10(7-11)8-11/h9-10H,4-8H2,1-3H3. The summed E-state index contributed by atoms with van der Waals surface area (Å²) in [7, 11) is 0. The van der Waals surface area contributed by atoms with Gasteiger partial charge in [0.15, 0.2) is 0 Å². The molecule has 1 heteroatoms. The SMILES string of the molecule is CCN(CC)C(C)C12CC(C1)C2. The Kier molecular flexibility index (Phi) is 1.95. The summed E-state index contributed by atoms with van der Waals surface area (Å²) < 4.78 is 0. The summed E-state index contributed by atoms with van der Waals surface area (Å²) in [6, 6.07) is 0.845. The van der Waals surface area contributed by atoms with Crippen molar-refractivity contribution in [2.75, 3.05) is 13.1 Å². The molecule has 3 fully saturated rings. The second kappa shape index (κ2) is 2.73. The molecule has 3 aliphatic carbocycles. The maximum atomic E-state index is 2.62. The normalized spacial score (nSPS) is 40.5. The predicted octanol–water partition coefficient (Wildman–Crippen LogP) is 2.52. The van der Waals surface area contributed by atoms with Crippen LogP contribution < -0.4 is 0 Å². The van der Waals surface area contributed by atoms with Gasteiger partial charge in [-0.2, -0.15) is 0 Å². The highest BCUT2D eigenvalue weighted by atomic mass is 15.2. The van der Waals surface area contributed by atoms with E-state index in [2.05, 4.69) is 25.7 Å². The van der Waals surface area contributed by atoms with Crippen LogP contribution in [0.25, 0.3) is 0 Å².